The highest BCUT2D eigenvalue weighted by atomic mass is 35.5. The molecule has 1 N–H and O–H groups in total. The number of halogens is 1. The van der Waals surface area contributed by atoms with E-state index in [1.165, 1.54) is 9.80 Å². The standard InChI is InChI=1S/C17H22ClN3O4/c1-19(2)8-9-20(11-15(22)23)16(24)14-6-7-21(17(14)25)13-5-3-4-12(18)10-13/h3-5,10,14H,6-9,11H2,1-2H3,(H,22,23)/t14-/m1/s1. The molecule has 136 valence electrons. The zero-order valence-electron chi connectivity index (χ0n) is 14.3. The number of hydrogen-bond donors (Lipinski definition) is 1. The van der Waals surface area contributed by atoms with Crippen LogP contribution in [0.25, 0.3) is 0 Å². The van der Waals surface area contributed by atoms with Gasteiger partial charge in [-0.15, -0.1) is 0 Å². The van der Waals surface area contributed by atoms with E-state index in [9.17, 15) is 14.4 Å². The van der Waals surface area contributed by atoms with Gasteiger partial charge in [-0.3, -0.25) is 14.4 Å². The van der Waals surface area contributed by atoms with Crippen molar-refractivity contribution in [1.82, 2.24) is 9.80 Å². The molecule has 1 aromatic carbocycles. The van der Waals surface area contributed by atoms with Gasteiger partial charge >= 0.3 is 5.97 Å². The predicted molar refractivity (Wildman–Crippen MR) is 94.7 cm³/mol. The monoisotopic (exact) mass is 367 g/mol. The Morgan fingerprint density at radius 1 is 1.32 bits per heavy atom. The Kier molecular flexibility index (Phi) is 6.39. The molecule has 0 spiro atoms. The summed E-state index contributed by atoms with van der Waals surface area (Å²) in [5.41, 5.74) is 0.644. The third kappa shape index (κ3) is 4.93. The summed E-state index contributed by atoms with van der Waals surface area (Å²) in [6, 6.07) is 6.89. The van der Waals surface area contributed by atoms with Crippen molar-refractivity contribution in [2.45, 2.75) is 6.42 Å². The van der Waals surface area contributed by atoms with Crippen LogP contribution in [-0.2, 0) is 14.4 Å². The Morgan fingerprint density at radius 3 is 2.64 bits per heavy atom. The maximum atomic E-state index is 12.7. The lowest BCUT2D eigenvalue weighted by Gasteiger charge is -2.25. The molecule has 8 heteroatoms. The molecule has 1 aliphatic rings. The summed E-state index contributed by atoms with van der Waals surface area (Å²) in [6.45, 7) is 0.787. The third-order valence-corrected chi connectivity index (χ3v) is 4.31. The van der Waals surface area contributed by atoms with E-state index in [0.717, 1.165) is 0 Å². The summed E-state index contributed by atoms with van der Waals surface area (Å²) in [4.78, 5) is 41.1. The first-order valence-corrected chi connectivity index (χ1v) is 8.39. The first-order valence-electron chi connectivity index (χ1n) is 8.02. The minimum Gasteiger partial charge on any atom is -0.480 e. The van der Waals surface area contributed by atoms with Crippen molar-refractivity contribution in [1.29, 1.82) is 0 Å². The van der Waals surface area contributed by atoms with E-state index in [4.69, 9.17) is 16.7 Å². The molecule has 0 saturated carbocycles. The highest BCUT2D eigenvalue weighted by Gasteiger charge is 2.40. The van der Waals surface area contributed by atoms with Crippen LogP contribution in [0.15, 0.2) is 24.3 Å². The van der Waals surface area contributed by atoms with Gasteiger partial charge in [0.15, 0.2) is 0 Å². The number of aliphatic carboxylic acids is 1. The minimum atomic E-state index is -1.09. The van der Waals surface area contributed by atoms with E-state index in [1.807, 2.05) is 19.0 Å². The van der Waals surface area contributed by atoms with E-state index in [1.54, 1.807) is 24.3 Å². The topological polar surface area (TPSA) is 81.2 Å². The second-order valence-electron chi connectivity index (χ2n) is 6.27. The highest BCUT2D eigenvalue weighted by molar-refractivity contribution is 6.31. The Bertz CT molecular complexity index is 665. The number of likely N-dealkylation sites (N-methyl/N-ethyl adjacent to an activating group) is 1. The van der Waals surface area contributed by atoms with Gasteiger partial charge in [0.1, 0.15) is 12.5 Å². The van der Waals surface area contributed by atoms with Crippen LogP contribution in [0.3, 0.4) is 0 Å². The molecule has 2 rings (SSSR count). The fourth-order valence-electron chi connectivity index (χ4n) is 2.78. The second-order valence-corrected chi connectivity index (χ2v) is 6.70. The summed E-state index contributed by atoms with van der Waals surface area (Å²) in [5.74, 6) is -2.68. The van der Waals surface area contributed by atoms with Gasteiger partial charge in [-0.2, -0.15) is 0 Å². The van der Waals surface area contributed by atoms with Crippen molar-refractivity contribution in [3.63, 3.8) is 0 Å². The van der Waals surface area contributed by atoms with Gasteiger partial charge < -0.3 is 19.8 Å². The Hall–Kier alpha value is -2.12. The lowest BCUT2D eigenvalue weighted by Crippen LogP contribution is -2.45. The molecule has 1 fully saturated rings. The number of carbonyl (C=O) groups is 3. The van der Waals surface area contributed by atoms with Gasteiger partial charge in [0.25, 0.3) is 0 Å². The van der Waals surface area contributed by atoms with Crippen LogP contribution in [0.5, 0.6) is 0 Å². The van der Waals surface area contributed by atoms with E-state index in [-0.39, 0.29) is 12.5 Å². The molecule has 1 aliphatic heterocycles. The molecular weight excluding hydrogens is 346 g/mol. The first-order chi connectivity index (χ1) is 11.8. The van der Waals surface area contributed by atoms with Crippen LogP contribution >= 0.6 is 11.6 Å². The minimum absolute atomic E-state index is 0.263. The number of benzene rings is 1. The SMILES string of the molecule is CN(C)CCN(CC(=O)O)C(=O)[C@H]1CCN(c2cccc(Cl)c2)C1=O. The summed E-state index contributed by atoms with van der Waals surface area (Å²) >= 11 is 5.97. The molecule has 0 unspecified atom stereocenters. The smallest absolute Gasteiger partial charge is 0.323 e. The Morgan fingerprint density at radius 2 is 2.04 bits per heavy atom. The van der Waals surface area contributed by atoms with Gasteiger partial charge in [-0.05, 0) is 38.7 Å². The van der Waals surface area contributed by atoms with E-state index in [0.29, 0.717) is 30.2 Å². The number of nitrogens with zero attached hydrogens (tertiary/aromatic N) is 3. The summed E-state index contributed by atoms with van der Waals surface area (Å²) in [5, 5.41) is 9.56. The fourth-order valence-corrected chi connectivity index (χ4v) is 2.97. The molecule has 1 atom stereocenters. The quantitative estimate of drug-likeness (QED) is 0.731. The molecular formula is C17H22ClN3O4. The largest absolute Gasteiger partial charge is 0.480 e. The highest BCUT2D eigenvalue weighted by Crippen LogP contribution is 2.28. The van der Waals surface area contributed by atoms with Crippen molar-refractivity contribution < 1.29 is 19.5 Å². The number of carbonyl (C=O) groups excluding carboxylic acids is 2. The molecule has 0 aromatic heterocycles. The van der Waals surface area contributed by atoms with Gasteiger partial charge in [0, 0.05) is 30.3 Å². The second kappa shape index (κ2) is 8.31. The number of carboxylic acid groups (broad SMARTS) is 1. The third-order valence-electron chi connectivity index (χ3n) is 4.08. The predicted octanol–water partition coefficient (Wildman–Crippen LogP) is 1.17. The normalized spacial score (nSPS) is 17.2. The van der Waals surface area contributed by atoms with Crippen molar-refractivity contribution in [2.75, 3.05) is 45.2 Å². The maximum absolute atomic E-state index is 12.7. The number of carboxylic acids is 1. The van der Waals surface area contributed by atoms with Crippen LogP contribution in [0.2, 0.25) is 5.02 Å². The Balaban J connectivity index is 2.12. The lowest BCUT2D eigenvalue weighted by atomic mass is 10.1. The summed E-state index contributed by atoms with van der Waals surface area (Å²) < 4.78 is 0. The molecule has 0 radical (unpaired) electrons. The van der Waals surface area contributed by atoms with Gasteiger partial charge in [0.2, 0.25) is 11.8 Å². The summed E-state index contributed by atoms with van der Waals surface area (Å²) in [6.07, 6.45) is 0.363. The fraction of sp³-hybridized carbons (Fsp3) is 0.471. The van der Waals surface area contributed by atoms with Gasteiger partial charge in [-0.1, -0.05) is 17.7 Å². The molecule has 0 aliphatic carbocycles. The number of hydrogen-bond acceptors (Lipinski definition) is 4. The molecule has 7 nitrogen and oxygen atoms in total. The van der Waals surface area contributed by atoms with Crippen LogP contribution in [0, 0.1) is 5.92 Å². The van der Waals surface area contributed by atoms with Crippen molar-refractivity contribution in [2.24, 2.45) is 5.92 Å². The first kappa shape index (κ1) is 19.2. The van der Waals surface area contributed by atoms with E-state index < -0.39 is 24.3 Å². The lowest BCUT2D eigenvalue weighted by molar-refractivity contribution is -0.148. The van der Waals surface area contributed by atoms with Crippen LogP contribution in [0.1, 0.15) is 6.42 Å². The van der Waals surface area contributed by atoms with Gasteiger partial charge in [-0.25, -0.2) is 0 Å². The van der Waals surface area contributed by atoms with Crippen LogP contribution in [0.4, 0.5) is 5.69 Å². The average Bonchev–Trinajstić information content (AvgIpc) is 2.92. The molecule has 25 heavy (non-hydrogen) atoms. The van der Waals surface area contributed by atoms with E-state index >= 15 is 0 Å². The Labute approximate surface area is 151 Å². The van der Waals surface area contributed by atoms with Crippen molar-refractivity contribution >= 4 is 35.1 Å². The van der Waals surface area contributed by atoms with E-state index in [2.05, 4.69) is 0 Å². The molecule has 1 aromatic rings. The van der Waals surface area contributed by atoms with Crippen molar-refractivity contribution in [3.05, 3.63) is 29.3 Å². The van der Waals surface area contributed by atoms with Gasteiger partial charge in [0.05, 0.1) is 0 Å². The maximum Gasteiger partial charge on any atom is 0.323 e. The average molecular weight is 368 g/mol. The number of rotatable bonds is 7. The zero-order valence-corrected chi connectivity index (χ0v) is 15.1. The molecule has 1 heterocycles. The molecule has 0 bridgehead atoms. The zero-order chi connectivity index (χ0) is 18.6. The van der Waals surface area contributed by atoms with Crippen molar-refractivity contribution in [3.8, 4) is 0 Å². The number of amides is 2. The van der Waals surface area contributed by atoms with Crippen LogP contribution in [-0.4, -0.2) is 73.0 Å². The van der Waals surface area contributed by atoms with Crippen LogP contribution < -0.4 is 4.90 Å². The summed E-state index contributed by atoms with van der Waals surface area (Å²) in [7, 11) is 3.68. The molecule has 1 saturated heterocycles. The molecule has 2 amide bonds. The number of anilines is 1.